The Balaban J connectivity index is 0.00000331. The molecule has 438 valence electrons. The number of hydrogen-bond donors (Lipinski definition) is 6. The fourth-order valence-electron chi connectivity index (χ4n) is 6.38. The number of nitrogens with two attached hydrogens (primary N) is 1. The van der Waals surface area contributed by atoms with Crippen molar-refractivity contribution in [2.24, 2.45) is 10.7 Å². The van der Waals surface area contributed by atoms with E-state index in [2.05, 4.69) is 30.9 Å². The van der Waals surface area contributed by atoms with E-state index in [4.69, 9.17) is 68.1 Å². The molecule has 0 unspecified atom stereocenters. The van der Waals surface area contributed by atoms with Crippen LogP contribution >= 0.6 is 0 Å². The average Bonchev–Trinajstić information content (AvgIpc) is 3.60. The second kappa shape index (κ2) is 45.1. The smallest absolute Gasteiger partial charge is 0.290 e. The number of carbonyl (C=O) groups is 3. The average molecular weight is 1120 g/mol. The maximum Gasteiger partial charge on any atom is 0.290 e. The second-order valence-electron chi connectivity index (χ2n) is 16.0. The van der Waals surface area contributed by atoms with Crippen LogP contribution in [0, 0.1) is 23.3 Å². The van der Waals surface area contributed by atoms with Crippen molar-refractivity contribution in [3.63, 3.8) is 0 Å². The number of amides is 2. The highest BCUT2D eigenvalue weighted by Gasteiger charge is 2.19. The SMILES string of the molecule is CCCNC(=O)C1=Cc2ncc(-c3ccnc(NCCNC(=O)CCOCCOCCOCCOCCOCCOCCOCCOCCOCCOCCc4c(F)c(F)cc(F)c4F)c3)cc2N=C(N)C1.CCO.O=CO. The lowest BCUT2D eigenvalue weighted by atomic mass is 10.1. The van der Waals surface area contributed by atoms with Gasteiger partial charge in [-0.2, -0.15) is 0 Å². The van der Waals surface area contributed by atoms with Gasteiger partial charge in [-0.15, -0.1) is 0 Å². The maximum absolute atomic E-state index is 13.6. The van der Waals surface area contributed by atoms with E-state index in [1.165, 1.54) is 0 Å². The number of aliphatic hydroxyl groups is 1. The molecule has 3 heterocycles. The molecule has 78 heavy (non-hydrogen) atoms. The van der Waals surface area contributed by atoms with Gasteiger partial charge in [0.1, 0.15) is 11.7 Å². The zero-order chi connectivity index (χ0) is 56.9. The highest BCUT2D eigenvalue weighted by molar-refractivity contribution is 6.05. The molecule has 0 fully saturated rings. The number of nitrogens with zero attached hydrogens (tertiary/aromatic N) is 3. The zero-order valence-corrected chi connectivity index (χ0v) is 44.6. The van der Waals surface area contributed by atoms with Crippen LogP contribution in [-0.2, 0) is 68.2 Å². The van der Waals surface area contributed by atoms with Gasteiger partial charge in [-0.3, -0.25) is 19.4 Å². The minimum Gasteiger partial charge on any atom is -0.483 e. The number of aromatic nitrogens is 2. The quantitative estimate of drug-likeness (QED) is 0.0202. The van der Waals surface area contributed by atoms with Crippen LogP contribution in [0.25, 0.3) is 17.2 Å². The summed E-state index contributed by atoms with van der Waals surface area (Å²) in [6, 6.07) is 5.80. The molecule has 1 aliphatic heterocycles. The summed E-state index contributed by atoms with van der Waals surface area (Å²) in [5.41, 5.74) is 8.80. The van der Waals surface area contributed by atoms with Crippen LogP contribution in [0.1, 0.15) is 44.4 Å². The molecule has 2 amide bonds. The van der Waals surface area contributed by atoms with Crippen molar-refractivity contribution in [1.29, 1.82) is 0 Å². The van der Waals surface area contributed by atoms with E-state index < -0.39 is 28.8 Å². The Kier molecular flexibility index (Phi) is 39.5. The third kappa shape index (κ3) is 31.6. The van der Waals surface area contributed by atoms with Crippen LogP contribution < -0.4 is 21.7 Å². The lowest BCUT2D eigenvalue weighted by molar-refractivity contribution is -0.123. The molecule has 3 aromatic rings. The summed E-state index contributed by atoms with van der Waals surface area (Å²) >= 11 is 0. The number of fused-ring (bicyclic) bond motifs is 1. The Hall–Kier alpha value is -5.78. The van der Waals surface area contributed by atoms with Gasteiger partial charge in [0.05, 0.1) is 144 Å². The van der Waals surface area contributed by atoms with Gasteiger partial charge in [0.25, 0.3) is 6.47 Å². The van der Waals surface area contributed by atoms with Gasteiger partial charge >= 0.3 is 0 Å². The van der Waals surface area contributed by atoms with Gasteiger partial charge in [-0.05, 0) is 43.2 Å². The highest BCUT2D eigenvalue weighted by atomic mass is 19.2. The molecule has 0 bridgehead atoms. The summed E-state index contributed by atoms with van der Waals surface area (Å²) < 4.78 is 108. The number of nitrogens with one attached hydrogen (secondary N) is 3. The predicted octanol–water partition coefficient (Wildman–Crippen LogP) is 4.03. The molecular formula is C52H77F4N7O15. The largest absolute Gasteiger partial charge is 0.483 e. The van der Waals surface area contributed by atoms with Crippen LogP contribution in [0.4, 0.5) is 29.1 Å². The molecule has 0 saturated heterocycles. The standard InChI is InChI=1S/C49H69F4N7O12.C2H6O.CH2O2/c1-2-6-58-49(62)37-30-42-43(60-44(54)32-37)31-38(35-59-42)36-3-7-55-45(33-36)56-8-9-57-46(61)5-11-64-13-15-66-17-19-68-21-23-70-25-27-72-29-28-71-26-24-69-22-20-67-18-16-65-14-12-63-10-4-39-47(52)40(50)34-41(51)48(39)53;1-2-3;2-1-3/h3,7,30-31,33-35H,2,4-6,8-29,32H2,1H3,(H2,54,60)(H,55,56)(H,57,61)(H,58,62);3H,2H2,1H3;1H,(H,2,3). The van der Waals surface area contributed by atoms with E-state index >= 15 is 0 Å². The molecule has 22 nitrogen and oxygen atoms in total. The Morgan fingerprint density at radius 1 is 0.641 bits per heavy atom. The third-order valence-corrected chi connectivity index (χ3v) is 10.0. The van der Waals surface area contributed by atoms with E-state index in [-0.39, 0.29) is 76.6 Å². The van der Waals surface area contributed by atoms with Crippen molar-refractivity contribution in [2.75, 3.05) is 164 Å². The Labute approximate surface area is 452 Å². The van der Waals surface area contributed by atoms with Gasteiger partial charge in [0, 0.05) is 80.7 Å². The van der Waals surface area contributed by atoms with Gasteiger partial charge in [0.15, 0.2) is 23.3 Å². The number of halogens is 4. The summed E-state index contributed by atoms with van der Waals surface area (Å²) in [4.78, 5) is 46.7. The molecule has 0 aliphatic carbocycles. The summed E-state index contributed by atoms with van der Waals surface area (Å²) in [6.45, 7) is 12.0. The first kappa shape index (κ1) is 68.3. The molecule has 0 spiro atoms. The first-order valence-corrected chi connectivity index (χ1v) is 25.6. The summed E-state index contributed by atoms with van der Waals surface area (Å²) in [6.07, 6.45) is 6.12. The second-order valence-corrected chi connectivity index (χ2v) is 16.0. The summed E-state index contributed by atoms with van der Waals surface area (Å²) in [5, 5.41) is 23.4. The van der Waals surface area contributed by atoms with Crippen molar-refractivity contribution in [3.05, 3.63) is 76.8 Å². The minimum absolute atomic E-state index is 0.123. The van der Waals surface area contributed by atoms with Crippen molar-refractivity contribution in [3.8, 4) is 11.1 Å². The lowest BCUT2D eigenvalue weighted by Crippen LogP contribution is -2.29. The normalized spacial score (nSPS) is 11.7. The number of rotatable bonds is 41. The van der Waals surface area contributed by atoms with Gasteiger partial charge in [-0.25, -0.2) is 27.5 Å². The number of ether oxygens (including phenoxy) is 10. The Morgan fingerprint density at radius 2 is 1.10 bits per heavy atom. The van der Waals surface area contributed by atoms with Crippen LogP contribution in [0.15, 0.2) is 47.2 Å². The fourth-order valence-corrected chi connectivity index (χ4v) is 6.38. The van der Waals surface area contributed by atoms with Crippen molar-refractivity contribution in [1.82, 2.24) is 20.6 Å². The number of hydrogen-bond acceptors (Lipinski definition) is 19. The molecule has 7 N–H and O–H groups in total. The number of aliphatic imine (C=N–C) groups is 1. The highest BCUT2D eigenvalue weighted by Crippen LogP contribution is 2.30. The molecule has 0 radical (unpaired) electrons. The van der Waals surface area contributed by atoms with E-state index in [0.717, 1.165) is 17.5 Å². The number of pyridine rings is 2. The molecule has 1 aromatic carbocycles. The monoisotopic (exact) mass is 1120 g/mol. The van der Waals surface area contributed by atoms with E-state index in [1.54, 1.807) is 25.4 Å². The van der Waals surface area contributed by atoms with Crippen molar-refractivity contribution in [2.45, 2.75) is 39.5 Å². The number of benzene rings is 1. The van der Waals surface area contributed by atoms with Crippen molar-refractivity contribution < 1.29 is 89.5 Å². The number of anilines is 1. The van der Waals surface area contributed by atoms with E-state index in [0.29, 0.717) is 154 Å². The molecule has 0 atom stereocenters. The van der Waals surface area contributed by atoms with Crippen LogP contribution in [0.2, 0.25) is 0 Å². The minimum atomic E-state index is -1.45. The van der Waals surface area contributed by atoms with Crippen LogP contribution in [0.3, 0.4) is 0 Å². The number of amidine groups is 1. The lowest BCUT2D eigenvalue weighted by Gasteiger charge is -2.10. The summed E-state index contributed by atoms with van der Waals surface area (Å²) in [7, 11) is 0. The van der Waals surface area contributed by atoms with Crippen LogP contribution in [-0.4, -0.2) is 203 Å². The zero-order valence-electron chi connectivity index (χ0n) is 44.6. The van der Waals surface area contributed by atoms with Gasteiger partial charge < -0.3 is 79.3 Å². The molecule has 4 rings (SSSR count). The number of carbonyl (C=O) groups excluding carboxylic acids is 2. The molecule has 1 aliphatic rings. The van der Waals surface area contributed by atoms with Crippen molar-refractivity contribution >= 4 is 41.7 Å². The maximum atomic E-state index is 13.6. The van der Waals surface area contributed by atoms with Gasteiger partial charge in [0.2, 0.25) is 11.8 Å². The topological polar surface area (TPSA) is 284 Å². The molecule has 0 saturated carbocycles. The fraction of sp³-hybridized carbons (Fsp3) is 0.577. The van der Waals surface area contributed by atoms with E-state index in [9.17, 15) is 27.2 Å². The Morgan fingerprint density at radius 3 is 1.58 bits per heavy atom. The molecule has 26 heteroatoms. The Bertz CT molecular complexity index is 2160. The van der Waals surface area contributed by atoms with E-state index in [1.807, 2.05) is 25.1 Å². The first-order chi connectivity index (χ1) is 38.0. The predicted molar refractivity (Wildman–Crippen MR) is 280 cm³/mol. The number of aliphatic hydroxyl groups excluding tert-OH is 1. The molecule has 2 aromatic heterocycles. The number of carboxylic acid groups (broad SMARTS) is 1. The third-order valence-electron chi connectivity index (χ3n) is 10.0. The van der Waals surface area contributed by atoms with Gasteiger partial charge in [-0.1, -0.05) is 6.92 Å². The molecular weight excluding hydrogens is 1040 g/mol. The summed E-state index contributed by atoms with van der Waals surface area (Å²) in [5.74, 6) is -5.06. The first-order valence-electron chi connectivity index (χ1n) is 25.6. The van der Waals surface area contributed by atoms with Crippen LogP contribution in [0.5, 0.6) is 0 Å².